The van der Waals surface area contributed by atoms with Gasteiger partial charge in [0.2, 0.25) is 0 Å². The molecule has 7 nitrogen and oxygen atoms in total. The molecule has 3 aromatic rings. The lowest BCUT2D eigenvalue weighted by Crippen LogP contribution is -2.16. The first-order valence-corrected chi connectivity index (χ1v) is 9.14. The fraction of sp³-hybridized carbons (Fsp3) is 0.474. The monoisotopic (exact) mass is 352 g/mol. The standard InChI is InChI=1S/C19H24N6O/c1-12(2)25-13(3)22-15-11-21-18(10-16(15)25)23-17-4-7-20-19(24-17)14-5-8-26-9-6-14/h4,7,10-12,14H,5-6,8-9H2,1-3H3,(H,20,21,23,24). The molecule has 0 spiro atoms. The van der Waals surface area contributed by atoms with E-state index < -0.39 is 0 Å². The fourth-order valence-electron chi connectivity index (χ4n) is 3.57. The smallest absolute Gasteiger partial charge is 0.135 e. The zero-order chi connectivity index (χ0) is 18.1. The second-order valence-electron chi connectivity index (χ2n) is 6.99. The summed E-state index contributed by atoms with van der Waals surface area (Å²) in [4.78, 5) is 18.2. The van der Waals surface area contributed by atoms with Gasteiger partial charge in [-0.05, 0) is 39.7 Å². The summed E-state index contributed by atoms with van der Waals surface area (Å²) >= 11 is 0. The van der Waals surface area contributed by atoms with Gasteiger partial charge in [0, 0.05) is 37.4 Å². The van der Waals surface area contributed by atoms with E-state index >= 15 is 0 Å². The first kappa shape index (κ1) is 16.9. The molecule has 0 amide bonds. The zero-order valence-corrected chi connectivity index (χ0v) is 15.4. The van der Waals surface area contributed by atoms with Gasteiger partial charge in [0.25, 0.3) is 0 Å². The average molecular weight is 352 g/mol. The van der Waals surface area contributed by atoms with Crippen LogP contribution in [0.5, 0.6) is 0 Å². The lowest BCUT2D eigenvalue weighted by Gasteiger charge is -2.20. The van der Waals surface area contributed by atoms with Crippen LogP contribution in [0, 0.1) is 6.92 Å². The number of hydrogen-bond acceptors (Lipinski definition) is 6. The number of hydrogen-bond donors (Lipinski definition) is 1. The second-order valence-corrected chi connectivity index (χ2v) is 6.99. The van der Waals surface area contributed by atoms with Crippen molar-refractivity contribution >= 4 is 22.7 Å². The lowest BCUT2D eigenvalue weighted by molar-refractivity contribution is 0.0836. The molecular weight excluding hydrogens is 328 g/mol. The summed E-state index contributed by atoms with van der Waals surface area (Å²) in [6.07, 6.45) is 5.56. The predicted octanol–water partition coefficient (Wildman–Crippen LogP) is 3.75. The van der Waals surface area contributed by atoms with Crippen molar-refractivity contribution in [2.24, 2.45) is 0 Å². The van der Waals surface area contributed by atoms with Crippen molar-refractivity contribution in [1.82, 2.24) is 24.5 Å². The molecule has 0 radical (unpaired) electrons. The minimum Gasteiger partial charge on any atom is -0.381 e. The molecule has 1 aliphatic heterocycles. The molecule has 4 heterocycles. The van der Waals surface area contributed by atoms with Crippen molar-refractivity contribution in [3.8, 4) is 0 Å². The van der Waals surface area contributed by atoms with E-state index in [1.54, 1.807) is 6.20 Å². The Kier molecular flexibility index (Phi) is 4.55. The highest BCUT2D eigenvalue weighted by atomic mass is 16.5. The molecular formula is C19H24N6O. The van der Waals surface area contributed by atoms with Gasteiger partial charge in [-0.2, -0.15) is 0 Å². The number of rotatable bonds is 4. The molecule has 0 aromatic carbocycles. The number of nitrogens with one attached hydrogen (secondary N) is 1. The minimum absolute atomic E-state index is 0.342. The maximum absolute atomic E-state index is 5.43. The SMILES string of the molecule is Cc1nc2cnc(Nc3ccnc(C4CCOCC4)n3)cc2n1C(C)C. The number of nitrogens with zero attached hydrogens (tertiary/aromatic N) is 5. The van der Waals surface area contributed by atoms with Gasteiger partial charge in [0.1, 0.15) is 28.8 Å². The molecule has 0 unspecified atom stereocenters. The van der Waals surface area contributed by atoms with Crippen LogP contribution >= 0.6 is 0 Å². The topological polar surface area (TPSA) is 77.8 Å². The van der Waals surface area contributed by atoms with Crippen molar-refractivity contribution in [2.45, 2.75) is 45.6 Å². The molecule has 1 N–H and O–H groups in total. The van der Waals surface area contributed by atoms with Crippen molar-refractivity contribution in [3.05, 3.63) is 36.2 Å². The first-order valence-electron chi connectivity index (χ1n) is 9.14. The van der Waals surface area contributed by atoms with Crippen LogP contribution in [-0.4, -0.2) is 37.7 Å². The normalized spacial score (nSPS) is 15.7. The van der Waals surface area contributed by atoms with Crippen molar-refractivity contribution in [1.29, 1.82) is 0 Å². The van der Waals surface area contributed by atoms with Crippen LogP contribution in [-0.2, 0) is 4.74 Å². The maximum Gasteiger partial charge on any atom is 0.135 e. The Morgan fingerprint density at radius 1 is 1.15 bits per heavy atom. The minimum atomic E-state index is 0.342. The van der Waals surface area contributed by atoms with Gasteiger partial charge in [-0.3, -0.25) is 0 Å². The second kappa shape index (κ2) is 6.99. The van der Waals surface area contributed by atoms with E-state index in [1.807, 2.05) is 25.3 Å². The summed E-state index contributed by atoms with van der Waals surface area (Å²) < 4.78 is 7.65. The van der Waals surface area contributed by atoms with E-state index in [1.165, 1.54) is 0 Å². The summed E-state index contributed by atoms with van der Waals surface area (Å²) in [6.45, 7) is 7.90. The molecule has 1 aliphatic rings. The van der Waals surface area contributed by atoms with Crippen LogP contribution in [0.2, 0.25) is 0 Å². The van der Waals surface area contributed by atoms with E-state index in [4.69, 9.17) is 9.72 Å². The Bertz CT molecular complexity index is 914. The molecule has 136 valence electrons. The Morgan fingerprint density at radius 2 is 1.96 bits per heavy atom. The van der Waals surface area contributed by atoms with Gasteiger partial charge in [0.05, 0.1) is 11.7 Å². The number of aryl methyl sites for hydroxylation is 1. The lowest BCUT2D eigenvalue weighted by atomic mass is 9.99. The van der Waals surface area contributed by atoms with E-state index in [9.17, 15) is 0 Å². The quantitative estimate of drug-likeness (QED) is 0.770. The number of aromatic nitrogens is 5. The van der Waals surface area contributed by atoms with Crippen LogP contribution in [0.15, 0.2) is 24.5 Å². The number of fused-ring (bicyclic) bond motifs is 1. The van der Waals surface area contributed by atoms with Gasteiger partial charge in [-0.15, -0.1) is 0 Å². The number of ether oxygens (including phenoxy) is 1. The molecule has 1 saturated heterocycles. The number of imidazole rings is 1. The summed E-state index contributed by atoms with van der Waals surface area (Å²) in [7, 11) is 0. The highest BCUT2D eigenvalue weighted by Crippen LogP contribution is 2.26. The average Bonchev–Trinajstić information content (AvgIpc) is 2.98. The highest BCUT2D eigenvalue weighted by molar-refractivity contribution is 5.79. The number of anilines is 2. The van der Waals surface area contributed by atoms with Crippen molar-refractivity contribution < 1.29 is 4.74 Å². The maximum atomic E-state index is 5.43. The molecule has 0 bridgehead atoms. The number of pyridine rings is 1. The van der Waals surface area contributed by atoms with Crippen LogP contribution < -0.4 is 5.32 Å². The van der Waals surface area contributed by atoms with Gasteiger partial charge in [-0.1, -0.05) is 0 Å². The van der Waals surface area contributed by atoms with Gasteiger partial charge in [0.15, 0.2) is 0 Å². The van der Waals surface area contributed by atoms with Crippen molar-refractivity contribution in [2.75, 3.05) is 18.5 Å². The zero-order valence-electron chi connectivity index (χ0n) is 15.4. The van der Waals surface area contributed by atoms with Crippen LogP contribution in [0.25, 0.3) is 11.0 Å². The summed E-state index contributed by atoms with van der Waals surface area (Å²) in [5, 5.41) is 3.32. The molecule has 4 rings (SSSR count). The van der Waals surface area contributed by atoms with E-state index in [0.29, 0.717) is 12.0 Å². The predicted molar refractivity (Wildman–Crippen MR) is 101 cm³/mol. The van der Waals surface area contributed by atoms with Crippen LogP contribution in [0.3, 0.4) is 0 Å². The third kappa shape index (κ3) is 3.26. The molecule has 26 heavy (non-hydrogen) atoms. The molecule has 7 heteroatoms. The third-order valence-corrected chi connectivity index (χ3v) is 4.79. The van der Waals surface area contributed by atoms with E-state index in [2.05, 4.69) is 38.7 Å². The van der Waals surface area contributed by atoms with Gasteiger partial charge < -0.3 is 14.6 Å². The summed E-state index contributed by atoms with van der Waals surface area (Å²) in [6, 6.07) is 4.25. The van der Waals surface area contributed by atoms with Gasteiger partial charge in [-0.25, -0.2) is 19.9 Å². The van der Waals surface area contributed by atoms with Crippen LogP contribution in [0.1, 0.15) is 50.3 Å². The Morgan fingerprint density at radius 3 is 2.73 bits per heavy atom. The summed E-state index contributed by atoms with van der Waals surface area (Å²) in [5.41, 5.74) is 1.99. The Hall–Kier alpha value is -2.54. The fourth-order valence-corrected chi connectivity index (χ4v) is 3.57. The van der Waals surface area contributed by atoms with Crippen molar-refractivity contribution in [3.63, 3.8) is 0 Å². The third-order valence-electron chi connectivity index (χ3n) is 4.79. The first-order chi connectivity index (χ1) is 12.6. The molecule has 0 aliphatic carbocycles. The molecule has 1 fully saturated rings. The van der Waals surface area contributed by atoms with Gasteiger partial charge >= 0.3 is 0 Å². The Balaban J connectivity index is 1.62. The highest BCUT2D eigenvalue weighted by Gasteiger charge is 2.19. The molecule has 3 aromatic heterocycles. The van der Waals surface area contributed by atoms with Crippen LogP contribution in [0.4, 0.5) is 11.6 Å². The van der Waals surface area contributed by atoms with E-state index in [0.717, 1.165) is 60.4 Å². The summed E-state index contributed by atoms with van der Waals surface area (Å²) in [5.74, 6) is 3.77. The molecule has 0 saturated carbocycles. The molecule has 0 atom stereocenters. The largest absolute Gasteiger partial charge is 0.381 e. The Labute approximate surface area is 152 Å². The van der Waals surface area contributed by atoms with E-state index in [-0.39, 0.29) is 0 Å².